The van der Waals surface area contributed by atoms with Gasteiger partial charge in [0.05, 0.1) is 23.4 Å². The molecule has 2 heterocycles. The Bertz CT molecular complexity index is 1250. The van der Waals surface area contributed by atoms with Crippen molar-refractivity contribution in [2.45, 2.75) is 26.8 Å². The van der Waals surface area contributed by atoms with Crippen molar-refractivity contribution in [3.05, 3.63) is 76.9 Å². The molecule has 0 saturated heterocycles. The van der Waals surface area contributed by atoms with Gasteiger partial charge in [0, 0.05) is 18.3 Å². The molecule has 0 aliphatic heterocycles. The Labute approximate surface area is 180 Å². The number of aryl methyl sites for hydroxylation is 2. The van der Waals surface area contributed by atoms with Crippen LogP contribution in [0.25, 0.3) is 10.2 Å². The Balaban J connectivity index is 1.65. The van der Waals surface area contributed by atoms with Gasteiger partial charge in [-0.05, 0) is 43.7 Å². The summed E-state index contributed by atoms with van der Waals surface area (Å²) in [6, 6.07) is 9.56. The van der Waals surface area contributed by atoms with Gasteiger partial charge < -0.3 is 0 Å². The highest BCUT2D eigenvalue weighted by Crippen LogP contribution is 2.31. The topological polar surface area (TPSA) is 51.0 Å². The highest BCUT2D eigenvalue weighted by atomic mass is 32.1. The number of carbonyl (C=O) groups excluding carboxylic acids is 1. The minimum Gasteiger partial charge on any atom is -0.286 e. The number of thiazole rings is 1. The Morgan fingerprint density at radius 3 is 2.48 bits per heavy atom. The van der Waals surface area contributed by atoms with Gasteiger partial charge in [0.25, 0.3) is 0 Å². The fourth-order valence-electron chi connectivity index (χ4n) is 3.36. The van der Waals surface area contributed by atoms with E-state index >= 15 is 0 Å². The summed E-state index contributed by atoms with van der Waals surface area (Å²) >= 11 is 1.04. The highest BCUT2D eigenvalue weighted by molar-refractivity contribution is 7.22. The summed E-state index contributed by atoms with van der Waals surface area (Å²) in [5.74, 6) is -2.15. The first kappa shape index (κ1) is 21.0. The third-order valence-electron chi connectivity index (χ3n) is 4.84. The van der Waals surface area contributed by atoms with Crippen LogP contribution >= 0.6 is 11.3 Å². The zero-order chi connectivity index (χ0) is 22.1. The summed E-state index contributed by atoms with van der Waals surface area (Å²) in [5, 5.41) is 4.68. The lowest BCUT2D eigenvalue weighted by Crippen LogP contribution is -2.35. The first-order valence-electron chi connectivity index (χ1n) is 9.61. The highest BCUT2D eigenvalue weighted by Gasteiger charge is 2.22. The van der Waals surface area contributed by atoms with Crippen molar-refractivity contribution >= 4 is 32.6 Å². The number of rotatable bonds is 6. The summed E-state index contributed by atoms with van der Waals surface area (Å²) in [4.78, 5) is 18.8. The number of amides is 1. The van der Waals surface area contributed by atoms with E-state index in [2.05, 4.69) is 10.1 Å². The fraction of sp³-hybridized carbons (Fsp3) is 0.227. The number of halogens is 3. The number of hydrogen-bond donors (Lipinski definition) is 0. The smallest absolute Gasteiger partial charge is 0.233 e. The van der Waals surface area contributed by atoms with Crippen LogP contribution in [0.15, 0.2) is 42.5 Å². The van der Waals surface area contributed by atoms with Crippen LogP contribution in [-0.4, -0.2) is 27.2 Å². The summed E-state index contributed by atoms with van der Waals surface area (Å²) in [5.41, 5.74) is 2.47. The van der Waals surface area contributed by atoms with Gasteiger partial charge in [0.15, 0.2) is 10.9 Å². The van der Waals surface area contributed by atoms with Crippen LogP contribution in [0.2, 0.25) is 0 Å². The summed E-state index contributed by atoms with van der Waals surface area (Å²) in [6.07, 6.45) is 0.0180. The fourth-order valence-corrected chi connectivity index (χ4v) is 4.40. The van der Waals surface area contributed by atoms with E-state index in [1.807, 2.05) is 19.9 Å². The Kier molecular flexibility index (Phi) is 5.77. The summed E-state index contributed by atoms with van der Waals surface area (Å²) in [7, 11) is 0. The standard InChI is InChI=1S/C22H19F3N4OS/c1-13-9-14(2)29(27-13)8-7-28(20(30)10-15-3-5-16(23)6-4-15)22-26-21-18(25)11-17(24)12-19(21)31-22/h3-6,9,11-12H,7-8,10H2,1-2H3. The van der Waals surface area contributed by atoms with Crippen molar-refractivity contribution in [2.75, 3.05) is 11.4 Å². The molecule has 0 radical (unpaired) electrons. The van der Waals surface area contributed by atoms with Gasteiger partial charge in [0.2, 0.25) is 5.91 Å². The van der Waals surface area contributed by atoms with Crippen molar-refractivity contribution in [3.8, 4) is 0 Å². The molecule has 160 valence electrons. The van der Waals surface area contributed by atoms with Crippen LogP contribution < -0.4 is 4.90 Å². The monoisotopic (exact) mass is 444 g/mol. The molecule has 5 nitrogen and oxygen atoms in total. The number of benzene rings is 2. The molecule has 0 aliphatic carbocycles. The second-order valence-corrected chi connectivity index (χ2v) is 8.24. The molecule has 0 unspecified atom stereocenters. The quantitative estimate of drug-likeness (QED) is 0.429. The third-order valence-corrected chi connectivity index (χ3v) is 5.87. The SMILES string of the molecule is Cc1cc(C)n(CCN(C(=O)Cc2ccc(F)cc2)c2nc3c(F)cc(F)cc3s2)n1. The van der Waals surface area contributed by atoms with E-state index in [9.17, 15) is 18.0 Å². The normalized spacial score (nSPS) is 11.3. The molecule has 9 heteroatoms. The molecule has 0 aliphatic rings. The number of aromatic nitrogens is 3. The van der Waals surface area contributed by atoms with E-state index < -0.39 is 11.6 Å². The molecule has 0 saturated carbocycles. The molecule has 0 atom stereocenters. The minimum atomic E-state index is -0.776. The molecule has 1 amide bonds. The lowest BCUT2D eigenvalue weighted by Gasteiger charge is -2.20. The zero-order valence-corrected chi connectivity index (χ0v) is 17.7. The van der Waals surface area contributed by atoms with Crippen LogP contribution in [0.3, 0.4) is 0 Å². The van der Waals surface area contributed by atoms with E-state index in [0.29, 0.717) is 16.8 Å². The van der Waals surface area contributed by atoms with Gasteiger partial charge >= 0.3 is 0 Å². The second-order valence-electron chi connectivity index (χ2n) is 7.23. The average molecular weight is 444 g/mol. The molecule has 4 rings (SSSR count). The van der Waals surface area contributed by atoms with Gasteiger partial charge in [-0.25, -0.2) is 18.2 Å². The van der Waals surface area contributed by atoms with E-state index in [1.54, 1.807) is 16.8 Å². The van der Waals surface area contributed by atoms with Gasteiger partial charge in [0.1, 0.15) is 17.2 Å². The Morgan fingerprint density at radius 2 is 1.81 bits per heavy atom. The molecule has 0 N–H and O–H groups in total. The molecule has 0 spiro atoms. The zero-order valence-electron chi connectivity index (χ0n) is 16.9. The average Bonchev–Trinajstić information content (AvgIpc) is 3.26. The molecular formula is C22H19F3N4OS. The summed E-state index contributed by atoms with van der Waals surface area (Å²) < 4.78 is 43.1. The van der Waals surface area contributed by atoms with Crippen LogP contribution in [-0.2, 0) is 17.8 Å². The van der Waals surface area contributed by atoms with Crippen molar-refractivity contribution < 1.29 is 18.0 Å². The summed E-state index contributed by atoms with van der Waals surface area (Å²) in [6.45, 7) is 4.44. The maximum atomic E-state index is 14.2. The van der Waals surface area contributed by atoms with Gasteiger partial charge in [-0.1, -0.05) is 23.5 Å². The number of anilines is 1. The van der Waals surface area contributed by atoms with Crippen LogP contribution in [0.4, 0.5) is 18.3 Å². The first-order valence-corrected chi connectivity index (χ1v) is 10.4. The molecule has 0 bridgehead atoms. The van der Waals surface area contributed by atoms with Crippen LogP contribution in [0.5, 0.6) is 0 Å². The largest absolute Gasteiger partial charge is 0.286 e. The number of hydrogen-bond acceptors (Lipinski definition) is 4. The molecule has 31 heavy (non-hydrogen) atoms. The van der Waals surface area contributed by atoms with E-state index in [4.69, 9.17) is 0 Å². The lowest BCUT2D eigenvalue weighted by atomic mass is 10.1. The minimum absolute atomic E-state index is 0.0180. The predicted octanol–water partition coefficient (Wildman–Crippen LogP) is 4.80. The van der Waals surface area contributed by atoms with Crippen LogP contribution in [0.1, 0.15) is 17.0 Å². The molecule has 4 aromatic rings. The molecule has 2 aromatic carbocycles. The van der Waals surface area contributed by atoms with E-state index in [0.717, 1.165) is 28.8 Å². The third kappa shape index (κ3) is 4.61. The molecule has 2 aromatic heterocycles. The van der Waals surface area contributed by atoms with Crippen molar-refractivity contribution in [1.29, 1.82) is 0 Å². The van der Waals surface area contributed by atoms with Crippen molar-refractivity contribution in [1.82, 2.24) is 14.8 Å². The van der Waals surface area contributed by atoms with Crippen molar-refractivity contribution in [2.24, 2.45) is 0 Å². The lowest BCUT2D eigenvalue weighted by molar-refractivity contribution is -0.118. The Hall–Kier alpha value is -3.20. The molecule has 0 fully saturated rings. The van der Waals surface area contributed by atoms with E-state index in [-0.39, 0.29) is 35.3 Å². The van der Waals surface area contributed by atoms with Gasteiger partial charge in [-0.2, -0.15) is 5.10 Å². The van der Waals surface area contributed by atoms with Crippen molar-refractivity contribution in [3.63, 3.8) is 0 Å². The maximum absolute atomic E-state index is 14.2. The second kappa shape index (κ2) is 8.50. The van der Waals surface area contributed by atoms with Gasteiger partial charge in [-0.3, -0.25) is 14.4 Å². The van der Waals surface area contributed by atoms with E-state index in [1.165, 1.54) is 23.1 Å². The predicted molar refractivity (Wildman–Crippen MR) is 114 cm³/mol. The Morgan fingerprint density at radius 1 is 1.06 bits per heavy atom. The number of fused-ring (bicyclic) bond motifs is 1. The molecular weight excluding hydrogens is 425 g/mol. The maximum Gasteiger partial charge on any atom is 0.233 e. The van der Waals surface area contributed by atoms with Gasteiger partial charge in [-0.15, -0.1) is 0 Å². The number of nitrogens with zero attached hydrogens (tertiary/aromatic N) is 4. The first-order chi connectivity index (χ1) is 14.8. The van der Waals surface area contributed by atoms with Crippen LogP contribution in [0, 0.1) is 31.3 Å². The number of carbonyl (C=O) groups is 1.